The van der Waals surface area contributed by atoms with Crippen LogP contribution in [0.2, 0.25) is 0 Å². The first-order valence-electron chi connectivity index (χ1n) is 3.20. The molecule has 0 unspecified atom stereocenters. The molecule has 0 amide bonds. The van der Waals surface area contributed by atoms with Gasteiger partial charge in [-0.05, 0) is 44.6 Å². The molecule has 1 aliphatic rings. The summed E-state index contributed by atoms with van der Waals surface area (Å²) in [6.45, 7) is 0. The minimum Gasteiger partial charge on any atom is -0.157 e. The van der Waals surface area contributed by atoms with Crippen LogP contribution >= 0.6 is 39.0 Å². The van der Waals surface area contributed by atoms with Crippen LogP contribution < -0.4 is 0 Å². The fraction of sp³-hybridized carbons (Fsp3) is 0.429. The zero-order chi connectivity index (χ0) is 6.97. The standard InChI is InChI=1S/C7H7BrS2/c8-7-6-4-9-2-1-5(6)3-10-7/h3H,1-2,4H2. The lowest BCUT2D eigenvalue weighted by Gasteiger charge is -2.10. The molecule has 0 N–H and O–H groups in total. The van der Waals surface area contributed by atoms with Crippen LogP contribution in [0.3, 0.4) is 0 Å². The summed E-state index contributed by atoms with van der Waals surface area (Å²) in [6, 6.07) is 0. The predicted molar refractivity (Wildman–Crippen MR) is 51.9 cm³/mol. The Bertz CT molecular complexity index is 242. The second-order valence-corrected chi connectivity index (χ2v) is 5.62. The first-order valence-corrected chi connectivity index (χ1v) is 6.03. The van der Waals surface area contributed by atoms with Crippen molar-refractivity contribution < 1.29 is 0 Å². The van der Waals surface area contributed by atoms with Gasteiger partial charge in [0.05, 0.1) is 3.79 Å². The molecule has 54 valence electrons. The van der Waals surface area contributed by atoms with Gasteiger partial charge in [-0.25, -0.2) is 0 Å². The highest BCUT2D eigenvalue weighted by Crippen LogP contribution is 2.35. The zero-order valence-corrected chi connectivity index (χ0v) is 8.61. The van der Waals surface area contributed by atoms with Crippen molar-refractivity contribution in [3.05, 3.63) is 20.3 Å². The average molecular weight is 235 g/mol. The van der Waals surface area contributed by atoms with Gasteiger partial charge in [-0.2, -0.15) is 11.8 Å². The minimum atomic E-state index is 1.21. The Balaban J connectivity index is 2.45. The van der Waals surface area contributed by atoms with Crippen LogP contribution in [0.15, 0.2) is 9.17 Å². The Labute approximate surface area is 77.2 Å². The van der Waals surface area contributed by atoms with E-state index < -0.39 is 0 Å². The summed E-state index contributed by atoms with van der Waals surface area (Å²) in [4.78, 5) is 0. The van der Waals surface area contributed by atoms with Gasteiger partial charge in [0.2, 0.25) is 0 Å². The van der Waals surface area contributed by atoms with Gasteiger partial charge < -0.3 is 0 Å². The van der Waals surface area contributed by atoms with E-state index in [9.17, 15) is 0 Å². The minimum absolute atomic E-state index is 1.21. The van der Waals surface area contributed by atoms with E-state index in [0.717, 1.165) is 0 Å². The molecule has 0 fully saturated rings. The topological polar surface area (TPSA) is 0 Å². The largest absolute Gasteiger partial charge is 0.157 e. The Hall–Kier alpha value is 0.530. The molecule has 0 atom stereocenters. The molecule has 1 aromatic rings. The third-order valence-electron chi connectivity index (χ3n) is 1.69. The molecule has 0 radical (unpaired) electrons. The van der Waals surface area contributed by atoms with Crippen molar-refractivity contribution in [1.29, 1.82) is 0 Å². The Morgan fingerprint density at radius 1 is 1.50 bits per heavy atom. The van der Waals surface area contributed by atoms with Gasteiger partial charge in [-0.15, -0.1) is 11.3 Å². The number of fused-ring (bicyclic) bond motifs is 1. The molecule has 1 aromatic heterocycles. The van der Waals surface area contributed by atoms with E-state index in [1.807, 2.05) is 23.1 Å². The third kappa shape index (κ3) is 1.15. The Kier molecular flexibility index (Phi) is 2.07. The molecule has 10 heavy (non-hydrogen) atoms. The normalized spacial score (nSPS) is 16.9. The maximum absolute atomic E-state index is 3.56. The van der Waals surface area contributed by atoms with Gasteiger partial charge in [-0.1, -0.05) is 0 Å². The molecule has 2 heterocycles. The van der Waals surface area contributed by atoms with Gasteiger partial charge in [0.1, 0.15) is 0 Å². The van der Waals surface area contributed by atoms with E-state index >= 15 is 0 Å². The summed E-state index contributed by atoms with van der Waals surface area (Å²) < 4.78 is 1.34. The fourth-order valence-corrected chi connectivity index (χ4v) is 3.95. The molecule has 1 aliphatic heterocycles. The van der Waals surface area contributed by atoms with Crippen LogP contribution in [0.25, 0.3) is 0 Å². The lowest BCUT2D eigenvalue weighted by Crippen LogP contribution is -1.98. The summed E-state index contributed by atoms with van der Waals surface area (Å²) in [5.41, 5.74) is 3.11. The van der Waals surface area contributed by atoms with Gasteiger partial charge in [0.25, 0.3) is 0 Å². The molecule has 0 aliphatic carbocycles. The van der Waals surface area contributed by atoms with Crippen molar-refractivity contribution in [3.8, 4) is 0 Å². The van der Waals surface area contributed by atoms with E-state index in [2.05, 4.69) is 21.3 Å². The maximum atomic E-state index is 3.56. The number of thioether (sulfide) groups is 1. The second kappa shape index (κ2) is 2.88. The molecular weight excluding hydrogens is 228 g/mol. The van der Waals surface area contributed by atoms with Crippen molar-refractivity contribution in [2.24, 2.45) is 0 Å². The number of hydrogen-bond acceptors (Lipinski definition) is 2. The number of aryl methyl sites for hydroxylation is 1. The highest BCUT2D eigenvalue weighted by Gasteiger charge is 2.13. The summed E-state index contributed by atoms with van der Waals surface area (Å²) in [5.74, 6) is 2.51. The fourth-order valence-electron chi connectivity index (χ4n) is 1.11. The smallest absolute Gasteiger partial charge is 0.0741 e. The van der Waals surface area contributed by atoms with E-state index in [0.29, 0.717) is 0 Å². The quantitative estimate of drug-likeness (QED) is 0.664. The Morgan fingerprint density at radius 2 is 2.40 bits per heavy atom. The highest BCUT2D eigenvalue weighted by molar-refractivity contribution is 9.11. The first kappa shape index (κ1) is 7.19. The number of rotatable bonds is 0. The summed E-state index contributed by atoms with van der Waals surface area (Å²) in [6.07, 6.45) is 1.27. The van der Waals surface area contributed by atoms with Gasteiger partial charge >= 0.3 is 0 Å². The van der Waals surface area contributed by atoms with Crippen LogP contribution in [0, 0.1) is 0 Å². The van der Waals surface area contributed by atoms with Crippen LogP contribution in [0.5, 0.6) is 0 Å². The Morgan fingerprint density at radius 3 is 3.20 bits per heavy atom. The molecule has 0 aromatic carbocycles. The SMILES string of the molecule is Brc1scc2c1CSCC2. The molecule has 0 bridgehead atoms. The van der Waals surface area contributed by atoms with Crippen molar-refractivity contribution in [3.63, 3.8) is 0 Å². The molecule has 0 saturated carbocycles. The van der Waals surface area contributed by atoms with E-state index in [-0.39, 0.29) is 0 Å². The number of halogens is 1. The monoisotopic (exact) mass is 234 g/mol. The first-order chi connectivity index (χ1) is 4.88. The van der Waals surface area contributed by atoms with Crippen LogP contribution in [0.4, 0.5) is 0 Å². The van der Waals surface area contributed by atoms with Crippen molar-refractivity contribution in [2.45, 2.75) is 12.2 Å². The molecule has 0 saturated heterocycles. The van der Waals surface area contributed by atoms with Crippen molar-refractivity contribution in [1.82, 2.24) is 0 Å². The van der Waals surface area contributed by atoms with E-state index in [4.69, 9.17) is 0 Å². The average Bonchev–Trinajstić information content (AvgIpc) is 2.34. The van der Waals surface area contributed by atoms with Gasteiger partial charge in [0.15, 0.2) is 0 Å². The number of thiophene rings is 1. The summed E-state index contributed by atoms with van der Waals surface area (Å²) in [7, 11) is 0. The molecule has 0 nitrogen and oxygen atoms in total. The summed E-state index contributed by atoms with van der Waals surface area (Å²) >= 11 is 7.41. The van der Waals surface area contributed by atoms with Crippen molar-refractivity contribution >= 4 is 39.0 Å². The summed E-state index contributed by atoms with van der Waals surface area (Å²) in [5, 5.41) is 2.28. The zero-order valence-electron chi connectivity index (χ0n) is 5.39. The van der Waals surface area contributed by atoms with Crippen LogP contribution in [-0.4, -0.2) is 5.75 Å². The molecule has 3 heteroatoms. The lowest BCUT2D eigenvalue weighted by atomic mass is 10.2. The molecule has 0 spiro atoms. The van der Waals surface area contributed by atoms with Gasteiger partial charge in [0, 0.05) is 5.75 Å². The maximum Gasteiger partial charge on any atom is 0.0741 e. The van der Waals surface area contributed by atoms with E-state index in [1.54, 1.807) is 11.1 Å². The van der Waals surface area contributed by atoms with Crippen molar-refractivity contribution in [2.75, 3.05) is 5.75 Å². The van der Waals surface area contributed by atoms with E-state index in [1.165, 1.54) is 21.7 Å². The van der Waals surface area contributed by atoms with Crippen LogP contribution in [-0.2, 0) is 12.2 Å². The highest BCUT2D eigenvalue weighted by atomic mass is 79.9. The third-order valence-corrected chi connectivity index (χ3v) is 4.57. The van der Waals surface area contributed by atoms with Crippen LogP contribution in [0.1, 0.15) is 11.1 Å². The number of hydrogen-bond donors (Lipinski definition) is 0. The molecule has 2 rings (SSSR count). The molecular formula is C7H7BrS2. The predicted octanol–water partition coefficient (Wildman–Crippen LogP) is 3.30. The lowest BCUT2D eigenvalue weighted by molar-refractivity contribution is 1.10. The second-order valence-electron chi connectivity index (χ2n) is 2.32. The van der Waals surface area contributed by atoms with Gasteiger partial charge in [-0.3, -0.25) is 0 Å².